The fourth-order valence-electron chi connectivity index (χ4n) is 2.27. The van der Waals surface area contributed by atoms with E-state index in [2.05, 4.69) is 5.32 Å². The highest BCUT2D eigenvalue weighted by Gasteiger charge is 2.11. The molecule has 0 fully saturated rings. The van der Waals surface area contributed by atoms with Crippen molar-refractivity contribution in [2.24, 2.45) is 0 Å². The maximum Gasteiger partial charge on any atom is 0.269 e. The van der Waals surface area contributed by atoms with Crippen LogP contribution >= 0.6 is 0 Å². The molecule has 0 aliphatic rings. The molecule has 24 heavy (non-hydrogen) atoms. The highest BCUT2D eigenvalue weighted by molar-refractivity contribution is 5.34. The van der Waals surface area contributed by atoms with Crippen LogP contribution in [-0.2, 0) is 0 Å². The predicted octanol–water partition coefficient (Wildman–Crippen LogP) is 2.99. The van der Waals surface area contributed by atoms with Crippen LogP contribution in [0.5, 0.6) is 5.75 Å². The van der Waals surface area contributed by atoms with E-state index in [1.54, 1.807) is 12.1 Å². The van der Waals surface area contributed by atoms with E-state index in [9.17, 15) is 15.2 Å². The minimum absolute atomic E-state index is 0.0283. The van der Waals surface area contributed by atoms with Crippen molar-refractivity contribution in [3.05, 3.63) is 69.8 Å². The van der Waals surface area contributed by atoms with Crippen LogP contribution in [0.2, 0.25) is 0 Å². The van der Waals surface area contributed by atoms with Gasteiger partial charge in [-0.25, -0.2) is 0 Å². The van der Waals surface area contributed by atoms with Gasteiger partial charge in [0.1, 0.15) is 18.5 Å². The molecule has 2 N–H and O–H groups in total. The van der Waals surface area contributed by atoms with Gasteiger partial charge in [0.05, 0.1) is 4.92 Å². The zero-order chi connectivity index (χ0) is 17.5. The lowest BCUT2D eigenvalue weighted by molar-refractivity contribution is -0.384. The number of nitro groups is 1. The molecule has 128 valence electrons. The van der Waals surface area contributed by atoms with Crippen molar-refractivity contribution < 1.29 is 14.8 Å². The summed E-state index contributed by atoms with van der Waals surface area (Å²) in [6.07, 6.45) is -0.647. The van der Waals surface area contributed by atoms with Gasteiger partial charge >= 0.3 is 0 Å². The Kier molecular flexibility index (Phi) is 6.28. The molecule has 0 bridgehead atoms. The Labute approximate surface area is 141 Å². The van der Waals surface area contributed by atoms with Crippen LogP contribution in [-0.4, -0.2) is 29.3 Å². The van der Waals surface area contributed by atoms with Crippen molar-refractivity contribution in [3.8, 4) is 5.75 Å². The van der Waals surface area contributed by atoms with E-state index in [0.29, 0.717) is 6.54 Å². The van der Waals surface area contributed by atoms with Gasteiger partial charge in [0, 0.05) is 24.7 Å². The summed E-state index contributed by atoms with van der Waals surface area (Å²) in [6, 6.07) is 14.0. The molecule has 2 aromatic carbocycles. The Morgan fingerprint density at radius 3 is 2.58 bits per heavy atom. The van der Waals surface area contributed by atoms with Gasteiger partial charge in [-0.1, -0.05) is 24.3 Å². The number of non-ortho nitro benzene ring substituents is 1. The number of aryl methyl sites for hydroxylation is 1. The summed E-state index contributed by atoms with van der Waals surface area (Å²) in [7, 11) is 0. The number of nitrogens with one attached hydrogen (secondary N) is 1. The van der Waals surface area contributed by atoms with Crippen LogP contribution in [0.15, 0.2) is 48.5 Å². The normalized spacial score (nSPS) is 13.3. The van der Waals surface area contributed by atoms with Gasteiger partial charge in [0.2, 0.25) is 0 Å². The molecule has 2 atom stereocenters. The summed E-state index contributed by atoms with van der Waals surface area (Å²) in [4.78, 5) is 10.2. The standard InChI is InChI=1S/C18H22N2O4/c1-13-4-3-5-18(10-13)24-12-17(21)11-19-14(2)15-6-8-16(9-7-15)20(22)23/h3-10,14,17,19,21H,11-12H2,1-2H3. The number of aliphatic hydroxyl groups excluding tert-OH is 1. The number of ether oxygens (including phenoxy) is 1. The Balaban J connectivity index is 1.78. The summed E-state index contributed by atoms with van der Waals surface area (Å²) in [5.41, 5.74) is 2.09. The van der Waals surface area contributed by atoms with Crippen molar-refractivity contribution in [2.75, 3.05) is 13.2 Å². The SMILES string of the molecule is Cc1cccc(OCC(O)CNC(C)c2ccc([N+](=O)[O-])cc2)c1. The smallest absolute Gasteiger partial charge is 0.269 e. The van der Waals surface area contributed by atoms with Gasteiger partial charge in [0.15, 0.2) is 0 Å². The van der Waals surface area contributed by atoms with Gasteiger partial charge in [-0.05, 0) is 37.1 Å². The van der Waals surface area contributed by atoms with E-state index in [0.717, 1.165) is 16.9 Å². The molecule has 0 spiro atoms. The molecule has 0 radical (unpaired) electrons. The minimum atomic E-state index is -0.647. The minimum Gasteiger partial charge on any atom is -0.491 e. The molecule has 0 saturated carbocycles. The van der Waals surface area contributed by atoms with Gasteiger partial charge < -0.3 is 15.2 Å². The first-order valence-corrected chi connectivity index (χ1v) is 7.81. The lowest BCUT2D eigenvalue weighted by Gasteiger charge is -2.18. The second-order valence-corrected chi connectivity index (χ2v) is 5.76. The topological polar surface area (TPSA) is 84.6 Å². The van der Waals surface area contributed by atoms with Crippen LogP contribution in [0, 0.1) is 17.0 Å². The lowest BCUT2D eigenvalue weighted by atomic mass is 10.1. The molecular formula is C18H22N2O4. The van der Waals surface area contributed by atoms with E-state index >= 15 is 0 Å². The number of nitrogens with zero attached hydrogens (tertiary/aromatic N) is 1. The number of nitro benzene ring substituents is 1. The highest BCUT2D eigenvalue weighted by atomic mass is 16.6. The fraction of sp³-hybridized carbons (Fsp3) is 0.333. The van der Waals surface area contributed by atoms with Crippen LogP contribution in [0.25, 0.3) is 0 Å². The van der Waals surface area contributed by atoms with E-state index in [4.69, 9.17) is 4.74 Å². The van der Waals surface area contributed by atoms with Crippen molar-refractivity contribution in [3.63, 3.8) is 0 Å². The first-order valence-electron chi connectivity index (χ1n) is 7.81. The molecule has 2 rings (SSSR count). The number of hydrogen-bond acceptors (Lipinski definition) is 5. The average Bonchev–Trinajstić information content (AvgIpc) is 2.58. The van der Waals surface area contributed by atoms with Gasteiger partial charge in [0.25, 0.3) is 5.69 Å². The molecule has 0 heterocycles. The van der Waals surface area contributed by atoms with Gasteiger partial charge in [-0.3, -0.25) is 10.1 Å². The molecule has 0 amide bonds. The molecule has 0 aromatic heterocycles. The second-order valence-electron chi connectivity index (χ2n) is 5.76. The summed E-state index contributed by atoms with van der Waals surface area (Å²) in [5, 5.41) is 23.9. The molecule has 6 heteroatoms. The average molecular weight is 330 g/mol. The van der Waals surface area contributed by atoms with E-state index in [1.165, 1.54) is 12.1 Å². The largest absolute Gasteiger partial charge is 0.491 e. The fourth-order valence-corrected chi connectivity index (χ4v) is 2.27. The Hall–Kier alpha value is -2.44. The van der Waals surface area contributed by atoms with E-state index in [1.807, 2.05) is 38.1 Å². The monoisotopic (exact) mass is 330 g/mol. The number of rotatable bonds is 8. The molecule has 0 aliphatic carbocycles. The summed E-state index contributed by atoms with van der Waals surface area (Å²) >= 11 is 0. The van der Waals surface area contributed by atoms with Crippen molar-refractivity contribution in [1.29, 1.82) is 0 Å². The maximum absolute atomic E-state index is 10.6. The van der Waals surface area contributed by atoms with Crippen LogP contribution in [0.1, 0.15) is 24.1 Å². The van der Waals surface area contributed by atoms with E-state index < -0.39 is 11.0 Å². The third-order valence-electron chi connectivity index (χ3n) is 3.70. The molecule has 6 nitrogen and oxygen atoms in total. The predicted molar refractivity (Wildman–Crippen MR) is 92.2 cm³/mol. The Bertz CT molecular complexity index is 673. The third kappa shape index (κ3) is 5.33. The quantitative estimate of drug-likeness (QED) is 0.574. The number of benzene rings is 2. The molecule has 0 aliphatic heterocycles. The van der Waals surface area contributed by atoms with Crippen LogP contribution < -0.4 is 10.1 Å². The van der Waals surface area contributed by atoms with Crippen LogP contribution in [0.4, 0.5) is 5.69 Å². The first-order chi connectivity index (χ1) is 11.5. The highest BCUT2D eigenvalue weighted by Crippen LogP contribution is 2.17. The number of aliphatic hydroxyl groups is 1. The zero-order valence-corrected chi connectivity index (χ0v) is 13.8. The Morgan fingerprint density at radius 2 is 1.96 bits per heavy atom. The third-order valence-corrected chi connectivity index (χ3v) is 3.70. The number of hydrogen-bond donors (Lipinski definition) is 2. The molecular weight excluding hydrogens is 308 g/mol. The second kappa shape index (κ2) is 8.42. The molecule has 2 aromatic rings. The summed E-state index contributed by atoms with van der Waals surface area (Å²) in [6.45, 7) is 4.49. The zero-order valence-electron chi connectivity index (χ0n) is 13.8. The van der Waals surface area contributed by atoms with Crippen molar-refractivity contribution >= 4 is 5.69 Å². The summed E-state index contributed by atoms with van der Waals surface area (Å²) < 4.78 is 5.56. The van der Waals surface area contributed by atoms with Crippen molar-refractivity contribution in [1.82, 2.24) is 5.32 Å². The van der Waals surface area contributed by atoms with E-state index in [-0.39, 0.29) is 18.3 Å². The van der Waals surface area contributed by atoms with Gasteiger partial charge in [-0.2, -0.15) is 0 Å². The molecule has 0 saturated heterocycles. The van der Waals surface area contributed by atoms with Crippen LogP contribution in [0.3, 0.4) is 0 Å². The maximum atomic E-state index is 10.6. The Morgan fingerprint density at radius 1 is 1.25 bits per heavy atom. The van der Waals surface area contributed by atoms with Gasteiger partial charge in [-0.15, -0.1) is 0 Å². The van der Waals surface area contributed by atoms with Crippen molar-refractivity contribution in [2.45, 2.75) is 26.0 Å². The lowest BCUT2D eigenvalue weighted by Crippen LogP contribution is -2.33. The molecule has 2 unspecified atom stereocenters. The first kappa shape index (κ1) is 17.9. The summed E-state index contributed by atoms with van der Waals surface area (Å²) in [5.74, 6) is 0.734.